The largest absolute Gasteiger partial charge is 0.336 e. The lowest BCUT2D eigenvalue weighted by Crippen LogP contribution is -2.28. The fourth-order valence-corrected chi connectivity index (χ4v) is 3.50. The summed E-state index contributed by atoms with van der Waals surface area (Å²) < 4.78 is 1.83. The molecule has 0 bridgehead atoms. The van der Waals surface area contributed by atoms with Crippen LogP contribution in [0.5, 0.6) is 0 Å². The van der Waals surface area contributed by atoms with Crippen LogP contribution in [0, 0.1) is 0 Å². The van der Waals surface area contributed by atoms with E-state index in [2.05, 4.69) is 10.3 Å². The number of thiophene rings is 1. The Kier molecular flexibility index (Phi) is 4.54. The molecule has 0 unspecified atom stereocenters. The van der Waals surface area contributed by atoms with E-state index in [1.54, 1.807) is 29.5 Å². The van der Waals surface area contributed by atoms with E-state index >= 15 is 0 Å². The Morgan fingerprint density at radius 3 is 2.91 bits per heavy atom. The molecular weight excluding hydrogens is 298 g/mol. The van der Waals surface area contributed by atoms with Crippen molar-refractivity contribution in [1.29, 1.82) is 0 Å². The second kappa shape index (κ2) is 6.58. The highest BCUT2D eigenvalue weighted by Crippen LogP contribution is 2.26. The van der Waals surface area contributed by atoms with Crippen molar-refractivity contribution in [2.75, 3.05) is 7.05 Å². The molecule has 22 heavy (non-hydrogen) atoms. The Hall–Kier alpha value is -1.73. The first-order valence-corrected chi connectivity index (χ1v) is 8.51. The minimum absolute atomic E-state index is 0.0926. The highest BCUT2D eigenvalue weighted by atomic mass is 32.1. The van der Waals surface area contributed by atoms with Crippen LogP contribution < -0.4 is 5.73 Å². The first-order valence-electron chi connectivity index (χ1n) is 7.57. The zero-order valence-electron chi connectivity index (χ0n) is 12.7. The van der Waals surface area contributed by atoms with Gasteiger partial charge in [0.2, 0.25) is 0 Å². The van der Waals surface area contributed by atoms with Crippen molar-refractivity contribution in [2.45, 2.75) is 44.3 Å². The molecule has 1 saturated carbocycles. The van der Waals surface area contributed by atoms with E-state index in [1.807, 2.05) is 21.5 Å². The van der Waals surface area contributed by atoms with Gasteiger partial charge in [0.05, 0.1) is 12.2 Å². The number of rotatable bonds is 4. The van der Waals surface area contributed by atoms with Gasteiger partial charge < -0.3 is 10.6 Å². The molecule has 0 spiro atoms. The summed E-state index contributed by atoms with van der Waals surface area (Å²) in [5, 5.41) is 12.3. The molecule has 0 atom stereocenters. The van der Waals surface area contributed by atoms with Crippen molar-refractivity contribution in [2.24, 2.45) is 5.73 Å². The normalized spacial score (nSPS) is 21.7. The van der Waals surface area contributed by atoms with E-state index in [-0.39, 0.29) is 5.91 Å². The van der Waals surface area contributed by atoms with Crippen molar-refractivity contribution in [3.05, 3.63) is 34.3 Å². The predicted octanol–water partition coefficient (Wildman–Crippen LogP) is 2.05. The maximum Gasteiger partial charge on any atom is 0.276 e. The second-order valence-corrected chi connectivity index (χ2v) is 6.73. The standard InChI is InChI=1S/C15H21N5OS/c1-19(8-11-6-7-22-10-11)15(21)14-9-20(18-17-14)13-4-2-12(16)3-5-13/h6-7,9-10,12-13H,2-5,8,16H2,1H3. The molecule has 7 heteroatoms. The number of aromatic nitrogens is 3. The van der Waals surface area contributed by atoms with Gasteiger partial charge in [0.15, 0.2) is 5.69 Å². The van der Waals surface area contributed by atoms with Gasteiger partial charge in [-0.05, 0) is 48.1 Å². The predicted molar refractivity (Wildman–Crippen MR) is 85.6 cm³/mol. The van der Waals surface area contributed by atoms with Crippen molar-refractivity contribution < 1.29 is 4.79 Å². The average Bonchev–Trinajstić information content (AvgIpc) is 3.18. The monoisotopic (exact) mass is 319 g/mol. The molecular formula is C15H21N5OS. The molecule has 0 aromatic carbocycles. The topological polar surface area (TPSA) is 77.0 Å². The lowest BCUT2D eigenvalue weighted by molar-refractivity contribution is 0.0779. The minimum atomic E-state index is -0.0926. The summed E-state index contributed by atoms with van der Waals surface area (Å²) in [6.07, 6.45) is 5.79. The Bertz CT molecular complexity index is 616. The van der Waals surface area contributed by atoms with E-state index < -0.39 is 0 Å². The van der Waals surface area contributed by atoms with Crippen molar-refractivity contribution in [3.63, 3.8) is 0 Å². The van der Waals surface area contributed by atoms with Crippen molar-refractivity contribution in [3.8, 4) is 0 Å². The second-order valence-electron chi connectivity index (χ2n) is 5.95. The fourth-order valence-electron chi connectivity index (χ4n) is 2.84. The molecule has 1 amide bonds. The molecule has 2 aromatic heterocycles. The number of hydrogen-bond donors (Lipinski definition) is 1. The molecule has 1 fully saturated rings. The fraction of sp³-hybridized carbons (Fsp3) is 0.533. The van der Waals surface area contributed by atoms with Gasteiger partial charge in [-0.2, -0.15) is 11.3 Å². The number of nitrogens with two attached hydrogens (primary N) is 1. The number of amides is 1. The molecule has 6 nitrogen and oxygen atoms in total. The number of nitrogens with zero attached hydrogens (tertiary/aromatic N) is 4. The third-order valence-electron chi connectivity index (χ3n) is 4.19. The zero-order valence-corrected chi connectivity index (χ0v) is 13.5. The molecule has 118 valence electrons. The number of carbonyl (C=O) groups excluding carboxylic acids is 1. The summed E-state index contributed by atoms with van der Waals surface area (Å²) in [4.78, 5) is 14.1. The molecule has 0 radical (unpaired) electrons. The Morgan fingerprint density at radius 1 is 1.45 bits per heavy atom. The van der Waals surface area contributed by atoms with Crippen molar-refractivity contribution in [1.82, 2.24) is 19.9 Å². The van der Waals surface area contributed by atoms with Gasteiger partial charge in [0.1, 0.15) is 0 Å². The van der Waals surface area contributed by atoms with Crippen LogP contribution in [-0.2, 0) is 6.54 Å². The SMILES string of the molecule is CN(Cc1ccsc1)C(=O)c1cn(C2CCC(N)CC2)nn1. The summed E-state index contributed by atoms with van der Waals surface area (Å²) in [7, 11) is 1.79. The summed E-state index contributed by atoms with van der Waals surface area (Å²) in [6.45, 7) is 0.591. The zero-order chi connectivity index (χ0) is 15.5. The molecule has 2 N–H and O–H groups in total. The maximum atomic E-state index is 12.4. The van der Waals surface area contributed by atoms with Crippen LogP contribution in [0.2, 0.25) is 0 Å². The molecule has 3 rings (SSSR count). The highest BCUT2D eigenvalue weighted by Gasteiger charge is 2.23. The first-order chi connectivity index (χ1) is 10.6. The molecule has 0 aliphatic heterocycles. The first kappa shape index (κ1) is 15.2. The van der Waals surface area contributed by atoms with Crippen molar-refractivity contribution >= 4 is 17.2 Å². The van der Waals surface area contributed by atoms with E-state index in [0.29, 0.717) is 24.3 Å². The minimum Gasteiger partial charge on any atom is -0.336 e. The lowest BCUT2D eigenvalue weighted by atomic mass is 9.92. The van der Waals surface area contributed by atoms with E-state index in [1.165, 1.54) is 0 Å². The Labute approximate surface area is 133 Å². The molecule has 1 aliphatic rings. The summed E-state index contributed by atoms with van der Waals surface area (Å²) in [6, 6.07) is 2.64. The third kappa shape index (κ3) is 3.36. The van der Waals surface area contributed by atoms with Gasteiger partial charge in [-0.25, -0.2) is 4.68 Å². The average molecular weight is 319 g/mol. The van der Waals surface area contributed by atoms with Crippen LogP contribution in [-0.4, -0.2) is 38.9 Å². The quantitative estimate of drug-likeness (QED) is 0.935. The van der Waals surface area contributed by atoms with Gasteiger partial charge >= 0.3 is 0 Å². The van der Waals surface area contributed by atoms with Crippen LogP contribution in [0.25, 0.3) is 0 Å². The van der Waals surface area contributed by atoms with Crippen LogP contribution in [0.3, 0.4) is 0 Å². The van der Waals surface area contributed by atoms with Crippen LogP contribution in [0.1, 0.15) is 47.8 Å². The summed E-state index contributed by atoms with van der Waals surface area (Å²) in [5.74, 6) is -0.0926. The van der Waals surface area contributed by atoms with Gasteiger partial charge in [0.25, 0.3) is 5.91 Å². The van der Waals surface area contributed by atoms with Crippen LogP contribution in [0.4, 0.5) is 0 Å². The van der Waals surface area contributed by atoms with Crippen LogP contribution in [0.15, 0.2) is 23.0 Å². The van der Waals surface area contributed by atoms with Gasteiger partial charge in [-0.15, -0.1) is 5.10 Å². The Balaban J connectivity index is 1.63. The lowest BCUT2D eigenvalue weighted by Gasteiger charge is -2.25. The van der Waals surface area contributed by atoms with Crippen LogP contribution >= 0.6 is 11.3 Å². The molecule has 2 heterocycles. The maximum absolute atomic E-state index is 12.4. The van der Waals surface area contributed by atoms with E-state index in [9.17, 15) is 4.79 Å². The van der Waals surface area contributed by atoms with Gasteiger partial charge in [-0.1, -0.05) is 5.21 Å². The number of carbonyl (C=O) groups is 1. The Morgan fingerprint density at radius 2 is 2.23 bits per heavy atom. The van der Waals surface area contributed by atoms with E-state index in [4.69, 9.17) is 5.73 Å². The molecule has 1 aliphatic carbocycles. The molecule has 0 saturated heterocycles. The van der Waals surface area contributed by atoms with E-state index in [0.717, 1.165) is 31.2 Å². The number of hydrogen-bond acceptors (Lipinski definition) is 5. The summed E-state index contributed by atoms with van der Waals surface area (Å²) >= 11 is 1.63. The van der Waals surface area contributed by atoms with Gasteiger partial charge in [0, 0.05) is 19.6 Å². The third-order valence-corrected chi connectivity index (χ3v) is 4.92. The molecule has 2 aromatic rings. The summed E-state index contributed by atoms with van der Waals surface area (Å²) in [5.41, 5.74) is 7.47. The smallest absolute Gasteiger partial charge is 0.276 e. The highest BCUT2D eigenvalue weighted by molar-refractivity contribution is 7.07. The van der Waals surface area contributed by atoms with Gasteiger partial charge in [-0.3, -0.25) is 4.79 Å².